The molecule has 0 saturated heterocycles. The molecular formula is C11H17N9O2S. The summed E-state index contributed by atoms with van der Waals surface area (Å²) in [5.41, 5.74) is 0. The van der Waals surface area contributed by atoms with Gasteiger partial charge in [0, 0.05) is 21.1 Å². The van der Waals surface area contributed by atoms with E-state index in [1.54, 1.807) is 11.9 Å². The Morgan fingerprint density at radius 3 is 2.74 bits per heavy atom. The maximum Gasteiger partial charge on any atom is 0.321 e. The van der Waals surface area contributed by atoms with E-state index >= 15 is 0 Å². The summed E-state index contributed by atoms with van der Waals surface area (Å²) >= 11 is 1.24. The topological polar surface area (TPSA) is 124 Å². The molecule has 2 aromatic heterocycles. The first-order valence-electron chi connectivity index (χ1n) is 6.57. The van der Waals surface area contributed by atoms with E-state index < -0.39 is 0 Å². The third kappa shape index (κ3) is 4.74. The molecule has 0 bridgehead atoms. The first kappa shape index (κ1) is 16.9. The van der Waals surface area contributed by atoms with Crippen LogP contribution in [0.3, 0.4) is 0 Å². The average molecular weight is 339 g/mol. The molecule has 0 aliphatic carbocycles. The molecule has 0 aromatic carbocycles. The summed E-state index contributed by atoms with van der Waals surface area (Å²) in [6.07, 6.45) is 0. The molecule has 0 spiro atoms. The van der Waals surface area contributed by atoms with Crippen molar-refractivity contribution < 1.29 is 9.53 Å². The molecule has 0 fully saturated rings. The molecule has 23 heavy (non-hydrogen) atoms. The highest BCUT2D eigenvalue weighted by Gasteiger charge is 2.11. The van der Waals surface area contributed by atoms with Gasteiger partial charge < -0.3 is 15.0 Å². The maximum absolute atomic E-state index is 11.9. The van der Waals surface area contributed by atoms with Crippen molar-refractivity contribution in [1.82, 2.24) is 40.5 Å². The summed E-state index contributed by atoms with van der Waals surface area (Å²) in [5.74, 6) is 0.889. The van der Waals surface area contributed by atoms with Crippen LogP contribution in [0.1, 0.15) is 5.82 Å². The van der Waals surface area contributed by atoms with Crippen LogP contribution in [-0.4, -0.2) is 68.0 Å². The Kier molecular flexibility index (Phi) is 5.62. The SMILES string of the molecule is COc1nc(CNC(=O)CSc2nnnn2C)nc(N(C)C)n1. The van der Waals surface area contributed by atoms with Crippen molar-refractivity contribution >= 4 is 23.6 Å². The normalized spacial score (nSPS) is 10.4. The van der Waals surface area contributed by atoms with Gasteiger partial charge in [-0.3, -0.25) is 4.79 Å². The van der Waals surface area contributed by atoms with Crippen LogP contribution in [0, 0.1) is 0 Å². The van der Waals surface area contributed by atoms with Gasteiger partial charge in [0.25, 0.3) is 0 Å². The number of hydrogen-bond acceptors (Lipinski definition) is 10. The number of carbonyl (C=O) groups excluding carboxylic acids is 1. The molecule has 0 unspecified atom stereocenters. The molecule has 0 aliphatic heterocycles. The number of nitrogens with one attached hydrogen (secondary N) is 1. The van der Waals surface area contributed by atoms with E-state index in [2.05, 4.69) is 35.8 Å². The second-order valence-corrected chi connectivity index (χ2v) is 5.53. The number of methoxy groups -OCH3 is 1. The minimum Gasteiger partial charge on any atom is -0.467 e. The summed E-state index contributed by atoms with van der Waals surface area (Å²) in [6, 6.07) is 0.201. The van der Waals surface area contributed by atoms with E-state index in [0.717, 1.165) is 0 Å². The highest BCUT2D eigenvalue weighted by Crippen LogP contribution is 2.12. The van der Waals surface area contributed by atoms with Gasteiger partial charge in [-0.2, -0.15) is 15.0 Å². The second-order valence-electron chi connectivity index (χ2n) is 4.58. The molecule has 124 valence electrons. The van der Waals surface area contributed by atoms with Gasteiger partial charge in [-0.1, -0.05) is 11.8 Å². The Labute approximate surface area is 136 Å². The van der Waals surface area contributed by atoms with Gasteiger partial charge in [-0.05, 0) is 10.4 Å². The number of aryl methyl sites for hydroxylation is 1. The van der Waals surface area contributed by atoms with Crippen molar-refractivity contribution in [2.24, 2.45) is 7.05 Å². The number of nitrogens with zero attached hydrogens (tertiary/aromatic N) is 8. The quantitative estimate of drug-likeness (QED) is 0.620. The Morgan fingerprint density at radius 1 is 1.35 bits per heavy atom. The fourth-order valence-electron chi connectivity index (χ4n) is 1.46. The Hall–Kier alpha value is -2.50. The molecule has 1 N–H and O–H groups in total. The Morgan fingerprint density at radius 2 is 2.13 bits per heavy atom. The van der Waals surface area contributed by atoms with Crippen molar-refractivity contribution in [3.05, 3.63) is 5.82 Å². The molecule has 2 heterocycles. The van der Waals surface area contributed by atoms with Crippen molar-refractivity contribution in [3.63, 3.8) is 0 Å². The van der Waals surface area contributed by atoms with Gasteiger partial charge in [0.1, 0.15) is 0 Å². The van der Waals surface area contributed by atoms with Crippen LogP contribution in [0.25, 0.3) is 0 Å². The van der Waals surface area contributed by atoms with E-state index in [9.17, 15) is 4.79 Å². The number of ether oxygens (including phenoxy) is 1. The van der Waals surface area contributed by atoms with E-state index in [0.29, 0.717) is 16.9 Å². The Bertz CT molecular complexity index is 675. The number of rotatable bonds is 7. The molecule has 11 nitrogen and oxygen atoms in total. The zero-order valence-corrected chi connectivity index (χ0v) is 14.0. The van der Waals surface area contributed by atoms with Gasteiger partial charge >= 0.3 is 6.01 Å². The largest absolute Gasteiger partial charge is 0.467 e. The summed E-state index contributed by atoms with van der Waals surface area (Å²) in [6.45, 7) is 0.177. The first-order chi connectivity index (χ1) is 11.0. The lowest BCUT2D eigenvalue weighted by Crippen LogP contribution is -2.26. The van der Waals surface area contributed by atoms with E-state index in [4.69, 9.17) is 4.74 Å². The molecule has 0 saturated carbocycles. The predicted octanol–water partition coefficient (Wildman–Crippen LogP) is -1.12. The number of anilines is 1. The predicted molar refractivity (Wildman–Crippen MR) is 82.1 cm³/mol. The van der Waals surface area contributed by atoms with Crippen LogP contribution in [0.5, 0.6) is 6.01 Å². The number of thioether (sulfide) groups is 1. The minimum atomic E-state index is -0.177. The van der Waals surface area contributed by atoms with Crippen LogP contribution in [0.2, 0.25) is 0 Å². The van der Waals surface area contributed by atoms with Gasteiger partial charge in [0.05, 0.1) is 19.4 Å². The van der Waals surface area contributed by atoms with Crippen LogP contribution < -0.4 is 15.0 Å². The first-order valence-corrected chi connectivity index (χ1v) is 7.56. The van der Waals surface area contributed by atoms with Crippen LogP contribution >= 0.6 is 11.8 Å². The van der Waals surface area contributed by atoms with E-state index in [1.165, 1.54) is 23.6 Å². The summed E-state index contributed by atoms with van der Waals surface area (Å²) in [7, 11) is 6.80. The highest BCUT2D eigenvalue weighted by molar-refractivity contribution is 7.99. The highest BCUT2D eigenvalue weighted by atomic mass is 32.2. The molecule has 0 radical (unpaired) electrons. The van der Waals surface area contributed by atoms with Gasteiger partial charge in [-0.15, -0.1) is 5.10 Å². The van der Waals surface area contributed by atoms with Crippen LogP contribution in [0.15, 0.2) is 5.16 Å². The van der Waals surface area contributed by atoms with Crippen LogP contribution in [-0.2, 0) is 18.4 Å². The van der Waals surface area contributed by atoms with Crippen molar-refractivity contribution in [1.29, 1.82) is 0 Å². The standard InChI is InChI=1S/C11H17N9O2S/c1-19(2)9-13-7(14-10(15-9)22-4)5-12-8(21)6-23-11-16-17-18-20(11)3/h5-6H2,1-4H3,(H,12,21). The number of hydrogen-bond donors (Lipinski definition) is 1. The van der Waals surface area contributed by atoms with Gasteiger partial charge in [-0.25, -0.2) is 4.68 Å². The molecule has 2 rings (SSSR count). The fourth-order valence-corrected chi connectivity index (χ4v) is 2.14. The summed E-state index contributed by atoms with van der Waals surface area (Å²) < 4.78 is 6.53. The zero-order chi connectivity index (χ0) is 16.8. The molecule has 1 amide bonds. The monoisotopic (exact) mass is 339 g/mol. The lowest BCUT2D eigenvalue weighted by atomic mass is 10.5. The van der Waals surface area contributed by atoms with E-state index in [-0.39, 0.29) is 24.2 Å². The lowest BCUT2D eigenvalue weighted by molar-refractivity contribution is -0.118. The third-order valence-corrected chi connectivity index (χ3v) is 3.60. The average Bonchev–Trinajstić information content (AvgIpc) is 2.95. The fraction of sp³-hybridized carbons (Fsp3) is 0.545. The number of amides is 1. The summed E-state index contributed by atoms with van der Waals surface area (Å²) in [5, 5.41) is 14.3. The molecule has 0 aliphatic rings. The van der Waals surface area contributed by atoms with Crippen molar-refractivity contribution in [2.75, 3.05) is 31.9 Å². The molecule has 0 atom stereocenters. The van der Waals surface area contributed by atoms with Gasteiger partial charge in [0.15, 0.2) is 5.82 Å². The zero-order valence-electron chi connectivity index (χ0n) is 13.2. The molecule has 2 aromatic rings. The number of tetrazole rings is 1. The number of aromatic nitrogens is 7. The number of carbonyl (C=O) groups is 1. The minimum absolute atomic E-state index is 0.177. The van der Waals surface area contributed by atoms with E-state index in [1.807, 2.05) is 14.1 Å². The van der Waals surface area contributed by atoms with Crippen molar-refractivity contribution in [3.8, 4) is 6.01 Å². The molecular weight excluding hydrogens is 322 g/mol. The smallest absolute Gasteiger partial charge is 0.321 e. The lowest BCUT2D eigenvalue weighted by Gasteiger charge is -2.12. The molecule has 12 heteroatoms. The van der Waals surface area contributed by atoms with Gasteiger partial charge in [0.2, 0.25) is 17.0 Å². The van der Waals surface area contributed by atoms with Crippen molar-refractivity contribution in [2.45, 2.75) is 11.7 Å². The third-order valence-electron chi connectivity index (χ3n) is 2.59. The van der Waals surface area contributed by atoms with Crippen LogP contribution in [0.4, 0.5) is 5.95 Å². The second kappa shape index (κ2) is 7.67. The Balaban J connectivity index is 1.91. The maximum atomic E-state index is 11.9. The summed E-state index contributed by atoms with van der Waals surface area (Å²) in [4.78, 5) is 26.0.